The molecule has 3 nitrogen and oxygen atoms in total. The van der Waals surface area contributed by atoms with Gasteiger partial charge in [0.1, 0.15) is 0 Å². The van der Waals surface area contributed by atoms with Crippen molar-refractivity contribution in [1.82, 2.24) is 9.88 Å². The summed E-state index contributed by atoms with van der Waals surface area (Å²) in [5, 5.41) is 3.17. The molecule has 0 unspecified atom stereocenters. The second kappa shape index (κ2) is 5.49. The summed E-state index contributed by atoms with van der Waals surface area (Å²) in [6, 6.07) is 0. The highest BCUT2D eigenvalue weighted by Crippen LogP contribution is 2.18. The van der Waals surface area contributed by atoms with Crippen LogP contribution in [0.5, 0.6) is 0 Å². The maximum absolute atomic E-state index is 5.50. The highest BCUT2D eigenvalue weighted by atomic mass is 35.5. The smallest absolute Gasteiger partial charge is 0.185 e. The molecule has 0 radical (unpaired) electrons. The van der Waals surface area contributed by atoms with Crippen LogP contribution in [-0.2, 0) is 0 Å². The van der Waals surface area contributed by atoms with Crippen LogP contribution in [0.1, 0.15) is 0 Å². The maximum Gasteiger partial charge on any atom is 0.185 e. The molecule has 82 valence electrons. The topological polar surface area (TPSA) is 19.4 Å². The van der Waals surface area contributed by atoms with E-state index in [4.69, 9.17) is 11.6 Å². The molecular weight excluding hydrogens is 230 g/mol. The summed E-state index contributed by atoms with van der Waals surface area (Å²) in [4.78, 5) is 9.05. The lowest BCUT2D eigenvalue weighted by molar-refractivity contribution is 0.284. The standard InChI is InChI=1S/C10H14ClN3S/c11-2-1-4-13-5-7-14(8-6-13)10-12-3-9-15-10/h1-3,9H,4-8H2/b2-1+. The van der Waals surface area contributed by atoms with Gasteiger partial charge in [0.05, 0.1) is 0 Å². The van der Waals surface area contributed by atoms with Crippen LogP contribution in [0.3, 0.4) is 0 Å². The molecule has 0 aromatic carbocycles. The fourth-order valence-corrected chi connectivity index (χ4v) is 2.46. The van der Waals surface area contributed by atoms with Crippen LogP contribution in [0.25, 0.3) is 0 Å². The lowest BCUT2D eigenvalue weighted by Gasteiger charge is -2.33. The van der Waals surface area contributed by atoms with E-state index < -0.39 is 0 Å². The number of piperazine rings is 1. The predicted octanol–water partition coefficient (Wildman–Crippen LogP) is 2.02. The second-order valence-electron chi connectivity index (χ2n) is 3.46. The van der Waals surface area contributed by atoms with Crippen LogP contribution >= 0.6 is 22.9 Å². The van der Waals surface area contributed by atoms with Crippen LogP contribution < -0.4 is 4.90 Å². The number of halogens is 1. The molecule has 2 heterocycles. The fraction of sp³-hybridized carbons (Fsp3) is 0.500. The van der Waals surface area contributed by atoms with E-state index >= 15 is 0 Å². The minimum atomic E-state index is 0.954. The summed E-state index contributed by atoms with van der Waals surface area (Å²) in [5.41, 5.74) is 1.59. The third-order valence-corrected chi connectivity index (χ3v) is 3.53. The van der Waals surface area contributed by atoms with E-state index in [-0.39, 0.29) is 0 Å². The van der Waals surface area contributed by atoms with Gasteiger partial charge in [-0.1, -0.05) is 17.7 Å². The summed E-state index contributed by atoms with van der Waals surface area (Å²) >= 11 is 7.21. The average molecular weight is 244 g/mol. The first-order valence-corrected chi connectivity index (χ1v) is 6.34. The largest absolute Gasteiger partial charge is 0.346 e. The van der Waals surface area contributed by atoms with Crippen molar-refractivity contribution in [2.24, 2.45) is 0 Å². The third-order valence-electron chi connectivity index (χ3n) is 2.51. The van der Waals surface area contributed by atoms with Crippen molar-refractivity contribution in [2.75, 3.05) is 37.6 Å². The monoisotopic (exact) mass is 243 g/mol. The third kappa shape index (κ3) is 2.93. The summed E-state index contributed by atoms with van der Waals surface area (Å²) < 4.78 is 0. The van der Waals surface area contributed by atoms with E-state index in [2.05, 4.69) is 14.8 Å². The van der Waals surface area contributed by atoms with Gasteiger partial charge >= 0.3 is 0 Å². The summed E-state index contributed by atoms with van der Waals surface area (Å²) in [7, 11) is 0. The van der Waals surface area contributed by atoms with Gasteiger partial charge in [0.25, 0.3) is 0 Å². The van der Waals surface area contributed by atoms with E-state index in [1.807, 2.05) is 17.7 Å². The molecule has 0 atom stereocenters. The first kappa shape index (κ1) is 10.9. The Morgan fingerprint density at radius 3 is 2.80 bits per heavy atom. The molecule has 1 fully saturated rings. The summed E-state index contributed by atoms with van der Waals surface area (Å²) in [5.74, 6) is 0. The predicted molar refractivity (Wildman–Crippen MR) is 65.8 cm³/mol. The van der Waals surface area contributed by atoms with Crippen molar-refractivity contribution in [2.45, 2.75) is 0 Å². The average Bonchev–Trinajstić information content (AvgIpc) is 2.80. The number of aromatic nitrogens is 1. The molecule has 1 aliphatic heterocycles. The minimum absolute atomic E-state index is 0.954. The van der Waals surface area contributed by atoms with Gasteiger partial charge in [-0.15, -0.1) is 11.3 Å². The molecule has 0 saturated carbocycles. The molecule has 0 aliphatic carbocycles. The molecule has 0 spiro atoms. The maximum atomic E-state index is 5.50. The Hall–Kier alpha value is -0.580. The number of hydrogen-bond donors (Lipinski definition) is 0. The Bertz CT molecular complexity index is 304. The molecule has 15 heavy (non-hydrogen) atoms. The molecule has 0 N–H and O–H groups in total. The lowest BCUT2D eigenvalue weighted by Crippen LogP contribution is -2.46. The Morgan fingerprint density at radius 1 is 1.40 bits per heavy atom. The molecule has 1 saturated heterocycles. The van der Waals surface area contributed by atoms with E-state index in [0.717, 1.165) is 37.9 Å². The van der Waals surface area contributed by atoms with Crippen molar-refractivity contribution < 1.29 is 0 Å². The van der Waals surface area contributed by atoms with E-state index in [0.29, 0.717) is 0 Å². The molecule has 2 rings (SSSR count). The molecule has 5 heteroatoms. The van der Waals surface area contributed by atoms with Gasteiger partial charge in [-0.25, -0.2) is 4.98 Å². The summed E-state index contributed by atoms with van der Waals surface area (Å²) in [6.07, 6.45) is 3.85. The molecule has 0 bridgehead atoms. The van der Waals surface area contributed by atoms with Gasteiger partial charge in [-0.05, 0) is 0 Å². The Labute approximate surface area is 99.0 Å². The van der Waals surface area contributed by atoms with Gasteiger partial charge < -0.3 is 4.90 Å². The van der Waals surface area contributed by atoms with E-state index in [9.17, 15) is 0 Å². The normalized spacial score (nSPS) is 18.9. The van der Waals surface area contributed by atoms with E-state index in [1.165, 1.54) is 0 Å². The van der Waals surface area contributed by atoms with Gasteiger partial charge in [0.2, 0.25) is 0 Å². The van der Waals surface area contributed by atoms with Crippen molar-refractivity contribution in [3.8, 4) is 0 Å². The lowest BCUT2D eigenvalue weighted by atomic mass is 10.3. The Balaban J connectivity index is 1.82. The number of nitrogens with zero attached hydrogens (tertiary/aromatic N) is 3. The first-order chi connectivity index (χ1) is 7.40. The number of hydrogen-bond acceptors (Lipinski definition) is 4. The van der Waals surface area contributed by atoms with Crippen molar-refractivity contribution in [3.63, 3.8) is 0 Å². The van der Waals surface area contributed by atoms with Crippen molar-refractivity contribution in [1.29, 1.82) is 0 Å². The van der Waals surface area contributed by atoms with Crippen LogP contribution in [0.2, 0.25) is 0 Å². The quantitative estimate of drug-likeness (QED) is 0.810. The van der Waals surface area contributed by atoms with Gasteiger partial charge in [-0.3, -0.25) is 4.90 Å². The highest BCUT2D eigenvalue weighted by molar-refractivity contribution is 7.13. The molecule has 0 amide bonds. The zero-order valence-corrected chi connectivity index (χ0v) is 10.0. The van der Waals surface area contributed by atoms with Crippen LogP contribution in [0.4, 0.5) is 5.13 Å². The van der Waals surface area contributed by atoms with Crippen molar-refractivity contribution >= 4 is 28.1 Å². The molecule has 1 aromatic rings. The van der Waals surface area contributed by atoms with Crippen LogP contribution in [0.15, 0.2) is 23.2 Å². The van der Waals surface area contributed by atoms with Crippen LogP contribution in [-0.4, -0.2) is 42.6 Å². The SMILES string of the molecule is Cl/C=C/CN1CCN(c2nccs2)CC1. The number of rotatable bonds is 3. The number of anilines is 1. The summed E-state index contributed by atoms with van der Waals surface area (Å²) in [6.45, 7) is 5.24. The highest BCUT2D eigenvalue weighted by Gasteiger charge is 2.17. The number of thiazole rings is 1. The zero-order valence-electron chi connectivity index (χ0n) is 8.47. The minimum Gasteiger partial charge on any atom is -0.346 e. The first-order valence-electron chi connectivity index (χ1n) is 5.02. The zero-order chi connectivity index (χ0) is 10.5. The molecule has 1 aliphatic rings. The van der Waals surface area contributed by atoms with Gasteiger partial charge in [0.15, 0.2) is 5.13 Å². The fourth-order valence-electron chi connectivity index (χ4n) is 1.68. The Morgan fingerprint density at radius 2 is 2.20 bits per heavy atom. The Kier molecular flexibility index (Phi) is 4.00. The van der Waals surface area contributed by atoms with Crippen molar-refractivity contribution in [3.05, 3.63) is 23.2 Å². The molecular formula is C10H14ClN3S. The van der Waals surface area contributed by atoms with E-state index in [1.54, 1.807) is 16.9 Å². The second-order valence-corrected chi connectivity index (χ2v) is 4.59. The van der Waals surface area contributed by atoms with Crippen LogP contribution in [0, 0.1) is 0 Å². The van der Waals surface area contributed by atoms with Gasteiger partial charge in [-0.2, -0.15) is 0 Å². The van der Waals surface area contributed by atoms with Gasteiger partial charge in [0, 0.05) is 49.8 Å². The molecule has 1 aromatic heterocycles.